The maximum absolute atomic E-state index is 13.0. The third kappa shape index (κ3) is 4.85. The molecule has 33 heavy (non-hydrogen) atoms. The molecule has 0 saturated carbocycles. The van der Waals surface area contributed by atoms with Gasteiger partial charge in [-0.3, -0.25) is 9.59 Å². The molecule has 0 fully saturated rings. The highest BCUT2D eigenvalue weighted by molar-refractivity contribution is 5.98. The van der Waals surface area contributed by atoms with E-state index in [2.05, 4.69) is 17.2 Å². The van der Waals surface area contributed by atoms with Gasteiger partial charge in [-0.05, 0) is 36.6 Å². The monoisotopic (exact) mass is 450 g/mol. The second kappa shape index (κ2) is 8.99. The topological polar surface area (TPSA) is 110 Å². The smallest absolute Gasteiger partial charge is 0.287 e. The molecule has 4 rings (SSSR count). The van der Waals surface area contributed by atoms with Gasteiger partial charge in [-0.25, -0.2) is 0 Å². The standard InChI is InChI=1S/C25H26N2O6/c1-15(2)12-18(27-24(29)22-13-17-8-4-5-9-19(17)32-22)23(28)26-16(3)25(30)14-31-20-10-6-7-11-21(20)33-25/h4-11,13,15,18,30H,3,12,14H2,1-2H3,(H,26,28)(H,27,29)/t18-,25-/m0/s1. The lowest BCUT2D eigenvalue weighted by Gasteiger charge is -2.35. The number of benzene rings is 2. The van der Waals surface area contributed by atoms with Crippen LogP contribution < -0.4 is 20.1 Å². The van der Waals surface area contributed by atoms with Crippen LogP contribution in [0.1, 0.15) is 30.8 Å². The summed E-state index contributed by atoms with van der Waals surface area (Å²) in [6.07, 6.45) is 0.365. The van der Waals surface area contributed by atoms with Crippen molar-refractivity contribution >= 4 is 22.8 Å². The Bertz CT molecular complexity index is 1170. The minimum absolute atomic E-state index is 0.0891. The van der Waals surface area contributed by atoms with Crippen molar-refractivity contribution in [2.75, 3.05) is 6.61 Å². The molecule has 1 aliphatic rings. The summed E-state index contributed by atoms with van der Waals surface area (Å²) < 4.78 is 16.8. The largest absolute Gasteiger partial charge is 0.482 e. The molecule has 0 spiro atoms. The molecule has 1 aromatic heterocycles. The summed E-state index contributed by atoms with van der Waals surface area (Å²) in [5, 5.41) is 17.0. The quantitative estimate of drug-likeness (QED) is 0.509. The van der Waals surface area contributed by atoms with Crippen LogP contribution in [0.25, 0.3) is 11.0 Å². The molecule has 0 aliphatic carbocycles. The average molecular weight is 450 g/mol. The number of nitrogens with one attached hydrogen (secondary N) is 2. The van der Waals surface area contributed by atoms with Crippen molar-refractivity contribution in [2.45, 2.75) is 32.1 Å². The number of hydrogen-bond donors (Lipinski definition) is 3. The van der Waals surface area contributed by atoms with Gasteiger partial charge in [-0.1, -0.05) is 50.8 Å². The number of fused-ring (bicyclic) bond motifs is 2. The molecule has 2 atom stereocenters. The Morgan fingerprint density at radius 3 is 2.55 bits per heavy atom. The molecular weight excluding hydrogens is 424 g/mol. The number of ether oxygens (including phenoxy) is 2. The van der Waals surface area contributed by atoms with Crippen LogP contribution in [0.2, 0.25) is 0 Å². The van der Waals surface area contributed by atoms with Gasteiger partial charge >= 0.3 is 0 Å². The van der Waals surface area contributed by atoms with E-state index < -0.39 is 23.6 Å². The van der Waals surface area contributed by atoms with E-state index in [1.54, 1.807) is 36.4 Å². The van der Waals surface area contributed by atoms with Gasteiger partial charge in [0.05, 0.1) is 5.70 Å². The number of rotatable bonds is 7. The van der Waals surface area contributed by atoms with Gasteiger partial charge in [0.2, 0.25) is 5.91 Å². The van der Waals surface area contributed by atoms with Crippen LogP contribution in [0.3, 0.4) is 0 Å². The second-order valence-electron chi connectivity index (χ2n) is 8.39. The number of carbonyl (C=O) groups excluding carboxylic acids is 2. The Kier molecular flexibility index (Phi) is 6.11. The highest BCUT2D eigenvalue weighted by Crippen LogP contribution is 2.35. The van der Waals surface area contributed by atoms with Gasteiger partial charge in [0.1, 0.15) is 11.6 Å². The molecule has 0 bridgehead atoms. The number of furan rings is 1. The normalized spacial score (nSPS) is 18.1. The molecule has 8 heteroatoms. The summed E-state index contributed by atoms with van der Waals surface area (Å²) in [6, 6.07) is 14.9. The van der Waals surface area contributed by atoms with Crippen LogP contribution in [0.5, 0.6) is 11.5 Å². The third-order valence-electron chi connectivity index (χ3n) is 5.28. The zero-order valence-electron chi connectivity index (χ0n) is 18.5. The van der Waals surface area contributed by atoms with E-state index in [1.165, 1.54) is 0 Å². The Hall–Kier alpha value is -3.78. The first-order chi connectivity index (χ1) is 15.7. The van der Waals surface area contributed by atoms with Crippen molar-refractivity contribution < 1.29 is 28.6 Å². The van der Waals surface area contributed by atoms with E-state index in [9.17, 15) is 14.7 Å². The van der Waals surface area contributed by atoms with E-state index >= 15 is 0 Å². The molecule has 172 valence electrons. The Morgan fingerprint density at radius 1 is 1.12 bits per heavy atom. The molecule has 3 N–H and O–H groups in total. The van der Waals surface area contributed by atoms with Gasteiger partial charge in [-0.2, -0.15) is 0 Å². The average Bonchev–Trinajstić information content (AvgIpc) is 3.22. The molecule has 0 saturated heterocycles. The first-order valence-corrected chi connectivity index (χ1v) is 10.7. The number of hydrogen-bond acceptors (Lipinski definition) is 6. The molecule has 8 nitrogen and oxygen atoms in total. The van der Waals surface area contributed by atoms with Gasteiger partial charge in [0.25, 0.3) is 11.7 Å². The van der Waals surface area contributed by atoms with E-state index in [0.29, 0.717) is 23.5 Å². The fraction of sp³-hybridized carbons (Fsp3) is 0.280. The third-order valence-corrected chi connectivity index (χ3v) is 5.28. The van der Waals surface area contributed by atoms with Crippen molar-refractivity contribution in [1.29, 1.82) is 0 Å². The number of amides is 2. The summed E-state index contributed by atoms with van der Waals surface area (Å²) in [5.74, 6) is -1.97. The summed E-state index contributed by atoms with van der Waals surface area (Å²) in [4.78, 5) is 25.8. The maximum Gasteiger partial charge on any atom is 0.287 e. The zero-order valence-corrected chi connectivity index (χ0v) is 18.5. The fourth-order valence-corrected chi connectivity index (χ4v) is 3.55. The Balaban J connectivity index is 1.46. The summed E-state index contributed by atoms with van der Waals surface area (Å²) in [7, 11) is 0. The molecule has 0 unspecified atom stereocenters. The lowest BCUT2D eigenvalue weighted by molar-refractivity contribution is -0.152. The van der Waals surface area contributed by atoms with Crippen molar-refractivity contribution in [3.8, 4) is 11.5 Å². The van der Waals surface area contributed by atoms with Gasteiger partial charge in [-0.15, -0.1) is 0 Å². The van der Waals surface area contributed by atoms with Crippen LogP contribution in [0.15, 0.2) is 71.3 Å². The predicted octanol–water partition coefficient (Wildman–Crippen LogP) is 3.37. The van der Waals surface area contributed by atoms with Gasteiger partial charge in [0.15, 0.2) is 23.9 Å². The first-order valence-electron chi connectivity index (χ1n) is 10.7. The fourth-order valence-electron chi connectivity index (χ4n) is 3.55. The molecule has 3 aromatic rings. The number of para-hydroxylation sites is 3. The second-order valence-corrected chi connectivity index (χ2v) is 8.39. The molecule has 2 heterocycles. The Morgan fingerprint density at radius 2 is 1.82 bits per heavy atom. The highest BCUT2D eigenvalue weighted by Gasteiger charge is 2.40. The lowest BCUT2D eigenvalue weighted by atomic mass is 10.0. The summed E-state index contributed by atoms with van der Waals surface area (Å²) >= 11 is 0. The lowest BCUT2D eigenvalue weighted by Crippen LogP contribution is -2.54. The van der Waals surface area contributed by atoms with Crippen molar-refractivity contribution in [1.82, 2.24) is 10.6 Å². The van der Waals surface area contributed by atoms with Gasteiger partial charge in [0, 0.05) is 5.39 Å². The van der Waals surface area contributed by atoms with Crippen molar-refractivity contribution in [2.24, 2.45) is 5.92 Å². The minimum Gasteiger partial charge on any atom is -0.482 e. The molecule has 0 radical (unpaired) electrons. The van der Waals surface area contributed by atoms with Gasteiger partial charge < -0.3 is 29.6 Å². The highest BCUT2D eigenvalue weighted by atomic mass is 16.7. The Labute approximate surface area is 191 Å². The first kappa shape index (κ1) is 22.4. The SMILES string of the molecule is C=C(NC(=O)[C@H](CC(C)C)NC(=O)c1cc2ccccc2o1)[C@]1(O)COc2ccccc2O1. The van der Waals surface area contributed by atoms with E-state index in [-0.39, 0.29) is 24.0 Å². The summed E-state index contributed by atoms with van der Waals surface area (Å²) in [6.45, 7) is 7.40. The summed E-state index contributed by atoms with van der Waals surface area (Å²) in [5.41, 5.74) is 0.492. The van der Waals surface area contributed by atoms with Crippen LogP contribution in [0.4, 0.5) is 0 Å². The van der Waals surface area contributed by atoms with E-state index in [1.807, 2.05) is 32.0 Å². The number of carbonyl (C=O) groups is 2. The molecular formula is C25H26N2O6. The zero-order chi connectivity index (χ0) is 23.6. The van der Waals surface area contributed by atoms with Crippen LogP contribution in [0, 0.1) is 5.92 Å². The molecule has 2 amide bonds. The van der Waals surface area contributed by atoms with Crippen molar-refractivity contribution in [3.63, 3.8) is 0 Å². The van der Waals surface area contributed by atoms with Crippen LogP contribution >= 0.6 is 0 Å². The predicted molar refractivity (Wildman–Crippen MR) is 122 cm³/mol. The van der Waals surface area contributed by atoms with Crippen LogP contribution in [-0.2, 0) is 4.79 Å². The van der Waals surface area contributed by atoms with E-state index in [0.717, 1.165) is 5.39 Å². The number of aliphatic hydroxyl groups is 1. The van der Waals surface area contributed by atoms with E-state index in [4.69, 9.17) is 13.9 Å². The molecule has 2 aromatic carbocycles. The maximum atomic E-state index is 13.0. The van der Waals surface area contributed by atoms with Crippen LogP contribution in [-0.4, -0.2) is 35.4 Å². The molecule has 1 aliphatic heterocycles. The van der Waals surface area contributed by atoms with Crippen molar-refractivity contribution in [3.05, 3.63) is 72.6 Å². The minimum atomic E-state index is -1.95.